The van der Waals surface area contributed by atoms with Gasteiger partial charge < -0.3 is 15.8 Å². The van der Waals surface area contributed by atoms with Gasteiger partial charge in [-0.1, -0.05) is 13.8 Å². The van der Waals surface area contributed by atoms with Crippen molar-refractivity contribution in [2.24, 2.45) is 5.92 Å². The molecule has 0 radical (unpaired) electrons. The van der Waals surface area contributed by atoms with Gasteiger partial charge in [0.25, 0.3) is 5.91 Å². The fraction of sp³-hybridized carbons (Fsp3) is 0.500. The lowest BCUT2D eigenvalue weighted by atomic mass is 9.86. The summed E-state index contributed by atoms with van der Waals surface area (Å²) in [6.45, 7) is 9.09. The monoisotopic (exact) mass is 323 g/mol. The zero-order chi connectivity index (χ0) is 17.8. The molecule has 128 valence electrons. The Morgan fingerprint density at radius 3 is 2.09 bits per heavy atom. The van der Waals surface area contributed by atoms with Crippen LogP contribution in [0.1, 0.15) is 45.0 Å². The molecule has 23 heavy (non-hydrogen) atoms. The molecule has 0 saturated heterocycles. The Kier molecular flexibility index (Phi) is 6.26. The first-order valence-electron chi connectivity index (χ1n) is 7.54. The third-order valence-corrected chi connectivity index (χ3v) is 3.81. The van der Waals surface area contributed by atoms with Gasteiger partial charge in [-0.3, -0.25) is 9.59 Å². The summed E-state index contributed by atoms with van der Waals surface area (Å²) in [6, 6.07) is 5.54. The average molecular weight is 323 g/mol. The van der Waals surface area contributed by atoms with Gasteiger partial charge in [0.05, 0.1) is 0 Å². The summed E-state index contributed by atoms with van der Waals surface area (Å²) < 4.78 is 0. The second-order valence-corrected chi connectivity index (χ2v) is 6.32. The molecule has 0 saturated carbocycles. The molecule has 0 aromatic heterocycles. The first-order chi connectivity index (χ1) is 10.6. The number of carbonyl (C=O) groups excluding carboxylic acids is 2. The van der Waals surface area contributed by atoms with Crippen molar-refractivity contribution in [3.05, 3.63) is 35.0 Å². The molecule has 0 heterocycles. The van der Waals surface area contributed by atoms with Crippen LogP contribution >= 0.6 is 0 Å². The Bertz CT molecular complexity index is 555. The third-order valence-electron chi connectivity index (χ3n) is 3.81. The Balaban J connectivity index is 2.95. The highest BCUT2D eigenvalue weighted by Gasteiger charge is 2.38. The predicted octanol–water partition coefficient (Wildman–Crippen LogP) is 0.759. The molecule has 7 nitrogen and oxygen atoms in total. The molecule has 1 rings (SSSR count). The molecule has 1 aromatic carbocycles. The molecule has 7 heteroatoms. The number of nitrogens with one attached hydrogen (secondary N) is 3. The fourth-order valence-corrected chi connectivity index (χ4v) is 1.95. The van der Waals surface area contributed by atoms with Gasteiger partial charge in [0.2, 0.25) is 5.91 Å². The molecule has 4 N–H and O–H groups in total. The van der Waals surface area contributed by atoms with Crippen LogP contribution in [0.15, 0.2) is 24.3 Å². The first-order valence-corrected chi connectivity index (χ1v) is 7.54. The summed E-state index contributed by atoms with van der Waals surface area (Å²) in [7, 11) is 0. The van der Waals surface area contributed by atoms with Crippen molar-refractivity contribution >= 4 is 17.5 Å². The molecule has 2 atom stereocenters. The SMILES string of the molecule is CC(C)NC(=O)C(C)(NC(=O)c1ccc([NH+]([O-])O)cc1)C(C)C. The van der Waals surface area contributed by atoms with Crippen molar-refractivity contribution in [3.63, 3.8) is 0 Å². The zero-order valence-electron chi connectivity index (χ0n) is 14.1. The maximum Gasteiger partial charge on any atom is 0.252 e. The van der Waals surface area contributed by atoms with Crippen LogP contribution in [-0.2, 0) is 4.79 Å². The normalized spacial score (nSPS) is 15.2. The van der Waals surface area contributed by atoms with Crippen LogP contribution in [0.4, 0.5) is 5.69 Å². The van der Waals surface area contributed by atoms with E-state index in [1.165, 1.54) is 24.3 Å². The first kappa shape index (κ1) is 19.1. The summed E-state index contributed by atoms with van der Waals surface area (Å²) in [6.07, 6.45) is 0. The largest absolute Gasteiger partial charge is 0.595 e. The van der Waals surface area contributed by atoms with E-state index in [1.807, 2.05) is 27.7 Å². The average Bonchev–Trinajstić information content (AvgIpc) is 2.46. The minimum atomic E-state index is -1.06. The molecule has 2 amide bonds. The number of rotatable bonds is 6. The molecule has 0 aliphatic heterocycles. The number of carbonyl (C=O) groups is 2. The quantitative estimate of drug-likeness (QED) is 0.580. The van der Waals surface area contributed by atoms with Crippen molar-refractivity contribution in [1.82, 2.24) is 10.6 Å². The number of amides is 2. The lowest BCUT2D eigenvalue weighted by molar-refractivity contribution is -0.991. The van der Waals surface area contributed by atoms with Gasteiger partial charge in [-0.25, -0.2) is 5.21 Å². The van der Waals surface area contributed by atoms with E-state index in [0.29, 0.717) is 5.56 Å². The number of hydrogen-bond acceptors (Lipinski definition) is 4. The Morgan fingerprint density at radius 1 is 1.17 bits per heavy atom. The molecule has 1 aromatic rings. The summed E-state index contributed by atoms with van der Waals surface area (Å²) >= 11 is 0. The van der Waals surface area contributed by atoms with Gasteiger partial charge in [0.15, 0.2) is 5.69 Å². The summed E-state index contributed by atoms with van der Waals surface area (Å²) in [4.78, 5) is 24.8. The van der Waals surface area contributed by atoms with Crippen molar-refractivity contribution in [2.45, 2.75) is 46.2 Å². The predicted molar refractivity (Wildman–Crippen MR) is 86.2 cm³/mol. The lowest BCUT2D eigenvalue weighted by Crippen LogP contribution is -2.99. The molecule has 2 unspecified atom stereocenters. The number of benzene rings is 1. The number of quaternary nitrogens is 1. The van der Waals surface area contributed by atoms with Crippen molar-refractivity contribution in [3.8, 4) is 0 Å². The van der Waals surface area contributed by atoms with Gasteiger partial charge in [0.1, 0.15) is 5.54 Å². The molecule has 0 bridgehead atoms. The summed E-state index contributed by atoms with van der Waals surface area (Å²) in [5, 5.41) is 24.2. The topological polar surface area (TPSA) is 106 Å². The smallest absolute Gasteiger partial charge is 0.252 e. The molecule has 0 aliphatic rings. The van der Waals surface area contributed by atoms with E-state index in [-0.39, 0.29) is 23.6 Å². The Hall–Kier alpha value is -1.96. The van der Waals surface area contributed by atoms with Crippen molar-refractivity contribution < 1.29 is 20.0 Å². The molecule has 0 aliphatic carbocycles. The van der Waals surface area contributed by atoms with Crippen LogP contribution in [0.5, 0.6) is 0 Å². The van der Waals surface area contributed by atoms with Crippen molar-refractivity contribution in [1.29, 1.82) is 0 Å². The van der Waals surface area contributed by atoms with Gasteiger partial charge in [-0.2, -0.15) is 5.23 Å². The van der Waals surface area contributed by atoms with E-state index in [2.05, 4.69) is 10.6 Å². The lowest BCUT2D eigenvalue weighted by Gasteiger charge is -2.34. The third kappa shape index (κ3) is 4.75. The summed E-state index contributed by atoms with van der Waals surface area (Å²) in [5.74, 6) is -0.793. The van der Waals surface area contributed by atoms with Crippen LogP contribution in [0.2, 0.25) is 0 Å². The standard InChI is InChI=1S/C16H25N3O4/c1-10(2)16(5,15(21)17-11(3)4)18-14(20)12-6-8-13(9-7-12)19(22)23/h6-11,19,22H,1-5H3,(H,17,21)(H,18,20). The van der Waals surface area contributed by atoms with Gasteiger partial charge in [-0.05, 0) is 38.8 Å². The van der Waals surface area contributed by atoms with Gasteiger partial charge in [0, 0.05) is 23.7 Å². The highest BCUT2D eigenvalue weighted by atomic mass is 16.8. The second-order valence-electron chi connectivity index (χ2n) is 6.32. The van der Waals surface area contributed by atoms with E-state index >= 15 is 0 Å². The van der Waals surface area contributed by atoms with Gasteiger partial charge >= 0.3 is 0 Å². The molecule has 0 fully saturated rings. The van der Waals surface area contributed by atoms with E-state index in [4.69, 9.17) is 5.21 Å². The van der Waals surface area contributed by atoms with Crippen LogP contribution < -0.4 is 15.9 Å². The highest BCUT2D eigenvalue weighted by Crippen LogP contribution is 2.18. The zero-order valence-corrected chi connectivity index (χ0v) is 14.1. The van der Waals surface area contributed by atoms with Crippen molar-refractivity contribution in [2.75, 3.05) is 0 Å². The van der Waals surface area contributed by atoms with E-state index in [9.17, 15) is 14.8 Å². The second kappa shape index (κ2) is 7.54. The summed E-state index contributed by atoms with van der Waals surface area (Å²) in [5.41, 5.74) is -0.655. The van der Waals surface area contributed by atoms with Crippen LogP contribution in [0.25, 0.3) is 0 Å². The fourth-order valence-electron chi connectivity index (χ4n) is 1.95. The van der Waals surface area contributed by atoms with E-state index in [0.717, 1.165) is 0 Å². The maximum atomic E-state index is 12.4. The minimum Gasteiger partial charge on any atom is -0.595 e. The minimum absolute atomic E-state index is 0.0349. The Morgan fingerprint density at radius 2 is 1.70 bits per heavy atom. The van der Waals surface area contributed by atoms with Crippen LogP contribution in [0.3, 0.4) is 0 Å². The molecular weight excluding hydrogens is 298 g/mol. The van der Waals surface area contributed by atoms with E-state index in [1.54, 1.807) is 6.92 Å². The molecule has 0 spiro atoms. The molecular formula is C16H25N3O4. The van der Waals surface area contributed by atoms with Crippen LogP contribution in [0, 0.1) is 11.1 Å². The highest BCUT2D eigenvalue weighted by molar-refractivity contribution is 5.99. The number of hydrogen-bond donors (Lipinski definition) is 4. The van der Waals surface area contributed by atoms with Gasteiger partial charge in [-0.15, -0.1) is 0 Å². The van der Waals surface area contributed by atoms with E-state index < -0.39 is 16.7 Å². The maximum absolute atomic E-state index is 12.4. The van der Waals surface area contributed by atoms with Crippen LogP contribution in [-0.4, -0.2) is 28.6 Å². The Labute approximate surface area is 136 Å².